The lowest BCUT2D eigenvalue weighted by molar-refractivity contribution is -0.0238. The minimum absolute atomic E-state index is 0.314. The summed E-state index contributed by atoms with van der Waals surface area (Å²) in [7, 11) is 0. The molecule has 2 atom stereocenters. The number of anilines is 1. The number of rotatable bonds is 4. The molecule has 0 amide bonds. The van der Waals surface area contributed by atoms with Gasteiger partial charge in [-0.15, -0.1) is 0 Å². The highest BCUT2D eigenvalue weighted by molar-refractivity contribution is 5.81. The second kappa shape index (κ2) is 6.93. The van der Waals surface area contributed by atoms with Crippen LogP contribution in [0.4, 0.5) is 10.2 Å². The van der Waals surface area contributed by atoms with Gasteiger partial charge < -0.3 is 16.2 Å². The van der Waals surface area contributed by atoms with E-state index in [9.17, 15) is 9.50 Å². The molecule has 4 N–H and O–H groups in total. The van der Waals surface area contributed by atoms with E-state index < -0.39 is 5.60 Å². The van der Waals surface area contributed by atoms with Crippen LogP contribution >= 0.6 is 0 Å². The summed E-state index contributed by atoms with van der Waals surface area (Å²) < 4.78 is 15.7. The summed E-state index contributed by atoms with van der Waals surface area (Å²) in [6, 6.07) is 10.8. The highest BCUT2D eigenvalue weighted by Gasteiger charge is 2.42. The summed E-state index contributed by atoms with van der Waals surface area (Å²) in [5.74, 6) is 0.0970. The Morgan fingerprint density at radius 1 is 1.17 bits per heavy atom. The fraction of sp³-hybridized carbons (Fsp3) is 0.364. The van der Waals surface area contributed by atoms with Gasteiger partial charge in [0.25, 0.3) is 0 Å². The van der Waals surface area contributed by atoms with Crippen LogP contribution in [0.1, 0.15) is 25.7 Å². The number of aromatic nitrogens is 3. The van der Waals surface area contributed by atoms with Crippen LogP contribution in [0.3, 0.4) is 0 Å². The number of nitrogens with zero attached hydrogens (tertiary/aromatic N) is 3. The number of nitrogen functional groups attached to an aromatic ring is 1. The van der Waals surface area contributed by atoms with E-state index in [1.165, 1.54) is 12.1 Å². The highest BCUT2D eigenvalue weighted by Crippen LogP contribution is 2.37. The molecule has 3 aromatic rings. The van der Waals surface area contributed by atoms with E-state index in [1.54, 1.807) is 23.0 Å². The van der Waals surface area contributed by atoms with Gasteiger partial charge >= 0.3 is 0 Å². The predicted octanol–water partition coefficient (Wildman–Crippen LogP) is 2.98. The molecule has 2 saturated heterocycles. The summed E-state index contributed by atoms with van der Waals surface area (Å²) in [5, 5.41) is 19.5. The second-order valence-electron chi connectivity index (χ2n) is 8.34. The summed E-state index contributed by atoms with van der Waals surface area (Å²) in [6.45, 7) is 0.407. The molecule has 2 aliphatic rings. The van der Waals surface area contributed by atoms with Gasteiger partial charge in [0.2, 0.25) is 0 Å². The molecule has 29 heavy (non-hydrogen) atoms. The minimum atomic E-state index is -0.795. The number of nitrogens with two attached hydrogens (primary N) is 1. The normalized spacial score (nSPS) is 26.0. The number of halogens is 1. The number of benzene rings is 1. The van der Waals surface area contributed by atoms with Crippen LogP contribution < -0.4 is 11.1 Å². The van der Waals surface area contributed by atoms with Crippen molar-refractivity contribution in [3.63, 3.8) is 0 Å². The van der Waals surface area contributed by atoms with E-state index >= 15 is 0 Å². The second-order valence-corrected chi connectivity index (χ2v) is 8.34. The molecule has 4 heterocycles. The summed E-state index contributed by atoms with van der Waals surface area (Å²) in [5.41, 5.74) is 8.13. The molecule has 0 aliphatic carbocycles. The van der Waals surface area contributed by atoms with Gasteiger partial charge in [0, 0.05) is 35.6 Å². The first-order valence-corrected chi connectivity index (χ1v) is 10.0. The molecule has 150 valence electrons. The number of pyridine rings is 1. The molecule has 2 aromatic heterocycles. The molecule has 6 nitrogen and oxygen atoms in total. The SMILES string of the molecule is Nc1cc(-c2cn(CC3(O)CC4CCC(C3)N4)nc2-c2cccc(F)c2)ccn1. The van der Waals surface area contributed by atoms with Crippen molar-refractivity contribution < 1.29 is 9.50 Å². The molecule has 1 aromatic carbocycles. The lowest BCUT2D eigenvalue weighted by atomic mass is 9.87. The van der Waals surface area contributed by atoms with Gasteiger partial charge in [-0.25, -0.2) is 9.37 Å². The van der Waals surface area contributed by atoms with Crippen LogP contribution in [0, 0.1) is 5.82 Å². The Balaban J connectivity index is 1.54. The number of aliphatic hydroxyl groups is 1. The third-order valence-electron chi connectivity index (χ3n) is 6.00. The number of hydrogen-bond donors (Lipinski definition) is 3. The zero-order chi connectivity index (χ0) is 20.0. The Morgan fingerprint density at radius 3 is 2.69 bits per heavy atom. The zero-order valence-electron chi connectivity index (χ0n) is 16.1. The first-order chi connectivity index (χ1) is 14.0. The van der Waals surface area contributed by atoms with Crippen molar-refractivity contribution in [1.82, 2.24) is 20.1 Å². The number of piperidine rings is 1. The van der Waals surface area contributed by atoms with Crippen LogP contribution in [0.5, 0.6) is 0 Å². The molecule has 2 unspecified atom stereocenters. The lowest BCUT2D eigenvalue weighted by Gasteiger charge is -2.37. The van der Waals surface area contributed by atoms with E-state index in [-0.39, 0.29) is 5.82 Å². The maximum absolute atomic E-state index is 13.9. The Kier molecular flexibility index (Phi) is 4.37. The third-order valence-corrected chi connectivity index (χ3v) is 6.00. The van der Waals surface area contributed by atoms with Gasteiger partial charge in [-0.3, -0.25) is 4.68 Å². The van der Waals surface area contributed by atoms with E-state index in [2.05, 4.69) is 10.3 Å². The van der Waals surface area contributed by atoms with Crippen molar-refractivity contribution in [2.75, 3.05) is 5.73 Å². The fourth-order valence-corrected chi connectivity index (χ4v) is 4.83. The molecule has 7 heteroatoms. The molecule has 2 bridgehead atoms. The zero-order valence-corrected chi connectivity index (χ0v) is 16.1. The molecule has 0 saturated carbocycles. The Labute approximate surface area is 168 Å². The van der Waals surface area contributed by atoms with Crippen LogP contribution in [0.25, 0.3) is 22.4 Å². The molecular formula is C22H24FN5O. The van der Waals surface area contributed by atoms with E-state index in [0.29, 0.717) is 35.7 Å². The monoisotopic (exact) mass is 393 g/mol. The molecule has 0 radical (unpaired) electrons. The fourth-order valence-electron chi connectivity index (χ4n) is 4.83. The first-order valence-electron chi connectivity index (χ1n) is 10.0. The van der Waals surface area contributed by atoms with Crippen molar-refractivity contribution in [2.24, 2.45) is 0 Å². The summed E-state index contributed by atoms with van der Waals surface area (Å²) in [4.78, 5) is 4.06. The molecule has 2 fully saturated rings. The quantitative estimate of drug-likeness (QED) is 0.634. The van der Waals surface area contributed by atoms with Gasteiger partial charge in [0.1, 0.15) is 17.3 Å². The largest absolute Gasteiger partial charge is 0.388 e. The van der Waals surface area contributed by atoms with E-state index in [1.807, 2.05) is 18.3 Å². The van der Waals surface area contributed by atoms with Crippen molar-refractivity contribution in [1.29, 1.82) is 0 Å². The molecular weight excluding hydrogens is 369 g/mol. The Hall–Kier alpha value is -2.77. The van der Waals surface area contributed by atoms with Crippen molar-refractivity contribution in [2.45, 2.75) is 49.9 Å². The third kappa shape index (κ3) is 3.63. The average Bonchev–Trinajstić information content (AvgIpc) is 3.24. The van der Waals surface area contributed by atoms with E-state index in [0.717, 1.165) is 36.8 Å². The Bertz CT molecular complexity index is 974. The van der Waals surface area contributed by atoms with Gasteiger partial charge in [0.15, 0.2) is 0 Å². The Morgan fingerprint density at radius 2 is 1.97 bits per heavy atom. The summed E-state index contributed by atoms with van der Waals surface area (Å²) in [6.07, 6.45) is 7.23. The van der Waals surface area contributed by atoms with Crippen molar-refractivity contribution >= 4 is 5.82 Å². The standard InChI is InChI=1S/C22H24FN5O/c23-16-3-1-2-15(8-16)21-19(14-6-7-25-20(24)9-14)12-28(27-21)13-22(29)10-17-4-5-18(11-22)26-17/h1-3,6-9,12,17-18,26,29H,4-5,10-11,13H2,(H2,24,25). The van der Waals surface area contributed by atoms with Gasteiger partial charge in [-0.05, 0) is 55.5 Å². The lowest BCUT2D eigenvalue weighted by Crippen LogP contribution is -2.50. The van der Waals surface area contributed by atoms with Crippen LogP contribution in [0.15, 0.2) is 48.8 Å². The smallest absolute Gasteiger partial charge is 0.123 e. The predicted molar refractivity (Wildman–Crippen MR) is 109 cm³/mol. The molecule has 2 aliphatic heterocycles. The average molecular weight is 393 g/mol. The number of fused-ring (bicyclic) bond motifs is 2. The topological polar surface area (TPSA) is 89.0 Å². The van der Waals surface area contributed by atoms with Crippen LogP contribution in [-0.2, 0) is 6.54 Å². The highest BCUT2D eigenvalue weighted by atomic mass is 19.1. The number of nitrogens with one attached hydrogen (secondary N) is 1. The maximum atomic E-state index is 13.9. The minimum Gasteiger partial charge on any atom is -0.388 e. The van der Waals surface area contributed by atoms with Crippen molar-refractivity contribution in [3.05, 3.63) is 54.6 Å². The maximum Gasteiger partial charge on any atom is 0.123 e. The van der Waals surface area contributed by atoms with Crippen LogP contribution in [0.2, 0.25) is 0 Å². The van der Waals surface area contributed by atoms with Crippen LogP contribution in [-0.4, -0.2) is 37.6 Å². The van der Waals surface area contributed by atoms with Gasteiger partial charge in [-0.1, -0.05) is 12.1 Å². The summed E-state index contributed by atoms with van der Waals surface area (Å²) >= 11 is 0. The first kappa shape index (κ1) is 18.3. The van der Waals surface area contributed by atoms with E-state index in [4.69, 9.17) is 10.8 Å². The van der Waals surface area contributed by atoms with Gasteiger partial charge in [-0.2, -0.15) is 5.10 Å². The van der Waals surface area contributed by atoms with Gasteiger partial charge in [0.05, 0.1) is 12.1 Å². The molecule has 5 rings (SSSR count). The number of hydrogen-bond acceptors (Lipinski definition) is 5. The van der Waals surface area contributed by atoms with Crippen molar-refractivity contribution in [3.8, 4) is 22.4 Å². The molecule has 0 spiro atoms.